The molecule has 0 saturated heterocycles. The van der Waals surface area contributed by atoms with Gasteiger partial charge < -0.3 is 10.1 Å². The molecule has 0 atom stereocenters. The second-order valence-electron chi connectivity index (χ2n) is 8.50. The zero-order valence-corrected chi connectivity index (χ0v) is 21.8. The van der Waals surface area contributed by atoms with Crippen LogP contribution in [-0.2, 0) is 20.7 Å². The lowest BCUT2D eigenvalue weighted by Gasteiger charge is -2.18. The summed E-state index contributed by atoms with van der Waals surface area (Å²) in [6, 6.07) is 18.1. The Morgan fingerprint density at radius 2 is 1.65 bits per heavy atom. The number of anilines is 1. The molecule has 190 valence electrons. The number of hydrogen-bond donors (Lipinski definition) is 1. The average molecular weight is 517 g/mol. The Morgan fingerprint density at radius 3 is 2.35 bits per heavy atom. The van der Waals surface area contributed by atoms with Crippen molar-refractivity contribution in [1.82, 2.24) is 15.3 Å². The summed E-state index contributed by atoms with van der Waals surface area (Å²) in [5, 5.41) is 3.54. The Hall–Kier alpha value is -3.98. The summed E-state index contributed by atoms with van der Waals surface area (Å²) >= 11 is 1.04. The molecule has 9 heteroatoms. The fourth-order valence-corrected chi connectivity index (χ4v) is 4.90. The van der Waals surface area contributed by atoms with E-state index in [-0.39, 0.29) is 28.5 Å². The predicted octanol–water partition coefficient (Wildman–Crippen LogP) is 4.37. The molecule has 2 heterocycles. The van der Waals surface area contributed by atoms with E-state index in [9.17, 15) is 14.4 Å². The third kappa shape index (κ3) is 6.06. The number of aromatic nitrogens is 2. The molecule has 2 amide bonds. The molecule has 4 rings (SSSR count). The maximum absolute atomic E-state index is 13.7. The van der Waals surface area contributed by atoms with Gasteiger partial charge in [0, 0.05) is 17.9 Å². The molecule has 1 aromatic heterocycles. The van der Waals surface area contributed by atoms with Crippen molar-refractivity contribution in [2.24, 2.45) is 0 Å². The van der Waals surface area contributed by atoms with Crippen molar-refractivity contribution < 1.29 is 19.1 Å². The SMILES string of the molecule is CCCOC(=O)c1ccccc1N1C(=O)C(NCCc2ccccc2)=C(Sc2nc(C)cc(C)n2)C1=O. The minimum absolute atomic E-state index is 0.148. The van der Waals surface area contributed by atoms with Crippen molar-refractivity contribution in [3.8, 4) is 0 Å². The Kier molecular flexibility index (Phi) is 8.35. The number of aryl methyl sites for hydroxylation is 2. The fraction of sp³-hybridized carbons (Fsp3) is 0.250. The Balaban J connectivity index is 1.67. The fourth-order valence-electron chi connectivity index (χ4n) is 3.90. The number of thioether (sulfide) groups is 1. The number of benzene rings is 2. The van der Waals surface area contributed by atoms with Crippen LogP contribution in [0.25, 0.3) is 0 Å². The molecular formula is C28H28N4O4S. The van der Waals surface area contributed by atoms with Gasteiger partial charge in [0.15, 0.2) is 5.16 Å². The van der Waals surface area contributed by atoms with Gasteiger partial charge in [0.2, 0.25) is 0 Å². The van der Waals surface area contributed by atoms with Crippen LogP contribution in [0.15, 0.2) is 76.4 Å². The monoisotopic (exact) mass is 516 g/mol. The summed E-state index contributed by atoms with van der Waals surface area (Å²) < 4.78 is 5.29. The molecule has 2 aromatic carbocycles. The van der Waals surface area contributed by atoms with Crippen LogP contribution in [0, 0.1) is 13.8 Å². The number of esters is 1. The van der Waals surface area contributed by atoms with Crippen LogP contribution in [0.2, 0.25) is 0 Å². The van der Waals surface area contributed by atoms with Crippen LogP contribution in [0.3, 0.4) is 0 Å². The number of para-hydroxylation sites is 1. The highest BCUT2D eigenvalue weighted by molar-refractivity contribution is 8.04. The van der Waals surface area contributed by atoms with Crippen LogP contribution in [-0.4, -0.2) is 40.9 Å². The summed E-state index contributed by atoms with van der Waals surface area (Å²) in [7, 11) is 0. The molecule has 0 unspecified atom stereocenters. The lowest BCUT2D eigenvalue weighted by atomic mass is 10.1. The highest BCUT2D eigenvalue weighted by atomic mass is 32.2. The highest BCUT2D eigenvalue weighted by Crippen LogP contribution is 2.36. The molecule has 37 heavy (non-hydrogen) atoms. The molecule has 1 aliphatic rings. The number of rotatable bonds is 10. The first-order chi connectivity index (χ1) is 17.9. The summed E-state index contributed by atoms with van der Waals surface area (Å²) in [5.41, 5.74) is 3.09. The predicted molar refractivity (Wildman–Crippen MR) is 142 cm³/mol. The van der Waals surface area contributed by atoms with Gasteiger partial charge in [-0.25, -0.2) is 19.7 Å². The number of nitrogens with zero attached hydrogens (tertiary/aromatic N) is 3. The van der Waals surface area contributed by atoms with Gasteiger partial charge in [0.25, 0.3) is 11.8 Å². The van der Waals surface area contributed by atoms with Crippen molar-refractivity contribution >= 4 is 35.2 Å². The van der Waals surface area contributed by atoms with E-state index in [0.717, 1.165) is 33.6 Å². The Morgan fingerprint density at radius 1 is 0.973 bits per heavy atom. The van der Waals surface area contributed by atoms with E-state index in [4.69, 9.17) is 4.74 Å². The lowest BCUT2D eigenvalue weighted by Crippen LogP contribution is -2.35. The van der Waals surface area contributed by atoms with Gasteiger partial charge in [-0.1, -0.05) is 49.4 Å². The smallest absolute Gasteiger partial charge is 0.340 e. The van der Waals surface area contributed by atoms with Gasteiger partial charge in [-0.3, -0.25) is 9.59 Å². The normalized spacial score (nSPS) is 13.3. The molecule has 0 bridgehead atoms. The topological polar surface area (TPSA) is 101 Å². The molecule has 1 N–H and O–H groups in total. The standard InChI is InChI=1S/C28H28N4O4S/c1-4-16-36-27(35)21-12-8-9-13-22(21)32-25(33)23(29-15-14-20-10-6-5-7-11-20)24(26(32)34)37-28-30-18(2)17-19(3)31-28/h5-13,17,29H,4,14-16H2,1-3H3. The summed E-state index contributed by atoms with van der Waals surface area (Å²) in [6.07, 6.45) is 1.31. The zero-order valence-electron chi connectivity index (χ0n) is 21.0. The minimum Gasteiger partial charge on any atom is -0.462 e. The van der Waals surface area contributed by atoms with Gasteiger partial charge in [-0.05, 0) is 62.2 Å². The van der Waals surface area contributed by atoms with Crippen molar-refractivity contribution in [2.45, 2.75) is 38.8 Å². The zero-order chi connectivity index (χ0) is 26.4. The number of imide groups is 1. The van der Waals surface area contributed by atoms with Crippen LogP contribution in [0.1, 0.15) is 40.7 Å². The maximum Gasteiger partial charge on any atom is 0.340 e. The molecule has 0 radical (unpaired) electrons. The van der Waals surface area contributed by atoms with Crippen molar-refractivity contribution in [1.29, 1.82) is 0 Å². The number of hydrogen-bond acceptors (Lipinski definition) is 8. The first kappa shape index (κ1) is 26.1. The second kappa shape index (κ2) is 11.8. The highest BCUT2D eigenvalue weighted by Gasteiger charge is 2.42. The van der Waals surface area contributed by atoms with Crippen LogP contribution < -0.4 is 10.2 Å². The molecule has 0 fully saturated rings. The van der Waals surface area contributed by atoms with Crippen molar-refractivity contribution in [3.05, 3.63) is 93.8 Å². The van der Waals surface area contributed by atoms with E-state index in [0.29, 0.717) is 24.5 Å². The van der Waals surface area contributed by atoms with E-state index in [2.05, 4.69) is 15.3 Å². The molecular weight excluding hydrogens is 488 g/mol. The molecule has 1 aliphatic heterocycles. The van der Waals surface area contributed by atoms with E-state index in [1.54, 1.807) is 24.3 Å². The number of carbonyl (C=O) groups is 3. The minimum atomic E-state index is -0.588. The van der Waals surface area contributed by atoms with Crippen molar-refractivity contribution in [2.75, 3.05) is 18.1 Å². The van der Waals surface area contributed by atoms with E-state index >= 15 is 0 Å². The van der Waals surface area contributed by atoms with Gasteiger partial charge >= 0.3 is 5.97 Å². The maximum atomic E-state index is 13.7. The largest absolute Gasteiger partial charge is 0.462 e. The molecule has 0 spiro atoms. The Labute approximate surface area is 220 Å². The molecule has 8 nitrogen and oxygen atoms in total. The lowest BCUT2D eigenvalue weighted by molar-refractivity contribution is -0.120. The van der Waals surface area contributed by atoms with Crippen molar-refractivity contribution in [3.63, 3.8) is 0 Å². The number of carbonyl (C=O) groups excluding carboxylic acids is 3. The van der Waals surface area contributed by atoms with Gasteiger partial charge in [-0.15, -0.1) is 0 Å². The van der Waals surface area contributed by atoms with Gasteiger partial charge in [0.1, 0.15) is 10.6 Å². The molecule has 3 aromatic rings. The summed E-state index contributed by atoms with van der Waals surface area (Å²) in [4.78, 5) is 50.2. The van der Waals surface area contributed by atoms with E-state index in [1.165, 1.54) is 0 Å². The van der Waals surface area contributed by atoms with Crippen LogP contribution in [0.4, 0.5) is 5.69 Å². The molecule has 0 saturated carbocycles. The van der Waals surface area contributed by atoms with Crippen LogP contribution in [0.5, 0.6) is 0 Å². The third-order valence-corrected chi connectivity index (χ3v) is 6.50. The quantitative estimate of drug-likeness (QED) is 0.241. The number of ether oxygens (including phenoxy) is 1. The van der Waals surface area contributed by atoms with Gasteiger partial charge in [-0.2, -0.15) is 0 Å². The third-order valence-electron chi connectivity index (χ3n) is 5.56. The average Bonchev–Trinajstić information content (AvgIpc) is 3.11. The van der Waals surface area contributed by atoms with Crippen LogP contribution >= 0.6 is 11.8 Å². The van der Waals surface area contributed by atoms with Gasteiger partial charge in [0.05, 0.1) is 17.9 Å². The van der Waals surface area contributed by atoms with E-state index in [1.807, 2.05) is 57.2 Å². The number of amides is 2. The molecule has 0 aliphatic carbocycles. The first-order valence-electron chi connectivity index (χ1n) is 12.1. The Bertz CT molecular complexity index is 1340. The second-order valence-corrected chi connectivity index (χ2v) is 9.48. The summed E-state index contributed by atoms with van der Waals surface area (Å²) in [5.74, 6) is -1.67. The number of nitrogens with one attached hydrogen (secondary N) is 1. The van der Waals surface area contributed by atoms with E-state index < -0.39 is 17.8 Å². The summed E-state index contributed by atoms with van der Waals surface area (Å²) in [6.45, 7) is 6.26. The first-order valence-corrected chi connectivity index (χ1v) is 12.9.